The Kier molecular flexibility index (Phi) is 7.13. The second kappa shape index (κ2) is 9.62. The molecule has 1 saturated heterocycles. The molecule has 1 unspecified atom stereocenters. The number of Topliss-reactive ketones (excluding diaryl/α,β-unsaturated/α-hetero) is 1. The van der Waals surface area contributed by atoms with Crippen LogP contribution < -0.4 is 4.74 Å². The molecule has 31 heavy (non-hydrogen) atoms. The number of ketones is 1. The second-order valence-corrected chi connectivity index (χ2v) is 8.08. The van der Waals surface area contributed by atoms with Crippen LogP contribution in [0.1, 0.15) is 43.4 Å². The van der Waals surface area contributed by atoms with Crippen LogP contribution in [-0.4, -0.2) is 40.5 Å². The quantitative estimate of drug-likeness (QED) is 0.251. The Balaban J connectivity index is 2.16. The number of amides is 1. The molecule has 3 rings (SSSR count). The fourth-order valence-corrected chi connectivity index (χ4v) is 4.33. The number of hydrogen-bond donors (Lipinski definition) is 2. The molecule has 2 aromatic carbocycles. The molecule has 1 amide bonds. The average Bonchev–Trinajstić information content (AvgIpc) is 2.98. The number of aromatic hydroxyl groups is 1. The first kappa shape index (κ1) is 23.0. The summed E-state index contributed by atoms with van der Waals surface area (Å²) in [4.78, 5) is 27.3. The molecule has 2 aromatic rings. The second-order valence-electron chi connectivity index (χ2n) is 7.26. The van der Waals surface area contributed by atoms with E-state index in [0.29, 0.717) is 12.1 Å². The highest BCUT2D eigenvalue weighted by molar-refractivity contribution is 6.46. The molecule has 164 valence electrons. The van der Waals surface area contributed by atoms with E-state index in [1.807, 2.05) is 6.92 Å². The summed E-state index contributed by atoms with van der Waals surface area (Å²) in [6.45, 7) is 2.41. The Bertz CT molecular complexity index is 1010. The summed E-state index contributed by atoms with van der Waals surface area (Å²) in [5, 5.41) is 21.0. The minimum Gasteiger partial charge on any atom is -0.508 e. The van der Waals surface area contributed by atoms with Crippen molar-refractivity contribution in [1.82, 2.24) is 4.90 Å². The van der Waals surface area contributed by atoms with Gasteiger partial charge in [-0.3, -0.25) is 9.59 Å². The van der Waals surface area contributed by atoms with Crippen molar-refractivity contribution in [3.8, 4) is 11.5 Å². The number of phenols is 1. The Morgan fingerprint density at radius 2 is 1.71 bits per heavy atom. The van der Waals surface area contributed by atoms with Crippen molar-refractivity contribution in [3.05, 3.63) is 63.1 Å². The normalized spacial score (nSPS) is 17.9. The van der Waals surface area contributed by atoms with Crippen molar-refractivity contribution in [2.75, 3.05) is 13.7 Å². The van der Waals surface area contributed by atoms with E-state index in [2.05, 4.69) is 0 Å². The lowest BCUT2D eigenvalue weighted by Gasteiger charge is -2.25. The van der Waals surface area contributed by atoms with Crippen LogP contribution in [0.4, 0.5) is 0 Å². The van der Waals surface area contributed by atoms with Gasteiger partial charge < -0.3 is 19.8 Å². The molecule has 0 spiro atoms. The first-order valence-electron chi connectivity index (χ1n) is 9.90. The molecular formula is C23H23Cl2NO5. The fourth-order valence-electron chi connectivity index (χ4n) is 3.69. The van der Waals surface area contributed by atoms with Crippen LogP contribution >= 0.6 is 23.2 Å². The molecule has 1 fully saturated rings. The number of carbonyl (C=O) groups excluding carboxylic acids is 2. The molecule has 8 heteroatoms. The standard InChI is InChI=1S/C23H23Cl2NO5/c1-3-4-5-10-26-19(13-6-8-15(27)9-7-13)18(21(29)23(26)30)20(28)14-11-16(24)22(31-2)17(25)12-14/h6-9,11-12,19,27-28H,3-5,10H2,1-2H3/b20-18+. The van der Waals surface area contributed by atoms with Gasteiger partial charge in [0.1, 0.15) is 11.5 Å². The minimum atomic E-state index is -0.794. The Morgan fingerprint density at radius 3 is 2.26 bits per heavy atom. The molecule has 1 aliphatic rings. The number of nitrogens with zero attached hydrogens (tertiary/aromatic N) is 1. The summed E-state index contributed by atoms with van der Waals surface area (Å²) in [6.07, 6.45) is 2.57. The third kappa shape index (κ3) is 4.50. The smallest absolute Gasteiger partial charge is 0.295 e. The first-order valence-corrected chi connectivity index (χ1v) is 10.7. The van der Waals surface area contributed by atoms with E-state index < -0.39 is 17.7 Å². The van der Waals surface area contributed by atoms with Gasteiger partial charge in [-0.2, -0.15) is 0 Å². The van der Waals surface area contributed by atoms with Gasteiger partial charge in [-0.15, -0.1) is 0 Å². The van der Waals surface area contributed by atoms with Crippen LogP contribution in [0.5, 0.6) is 11.5 Å². The molecule has 0 aliphatic carbocycles. The molecule has 2 N–H and O–H groups in total. The number of hydrogen-bond acceptors (Lipinski definition) is 5. The highest BCUT2D eigenvalue weighted by Gasteiger charge is 2.45. The Morgan fingerprint density at radius 1 is 1.10 bits per heavy atom. The monoisotopic (exact) mass is 463 g/mol. The molecule has 6 nitrogen and oxygen atoms in total. The summed E-state index contributed by atoms with van der Waals surface area (Å²) in [6, 6.07) is 8.27. The molecule has 0 radical (unpaired) electrons. The number of aliphatic hydroxyl groups is 1. The third-order valence-electron chi connectivity index (χ3n) is 5.23. The van der Waals surface area contributed by atoms with Crippen LogP contribution in [0.25, 0.3) is 5.76 Å². The van der Waals surface area contributed by atoms with Gasteiger partial charge in [0.05, 0.1) is 28.8 Å². The van der Waals surface area contributed by atoms with Gasteiger partial charge in [-0.25, -0.2) is 0 Å². The summed E-state index contributed by atoms with van der Waals surface area (Å²) < 4.78 is 5.13. The number of ether oxygens (including phenoxy) is 1. The van der Waals surface area contributed by atoms with E-state index in [1.165, 1.54) is 36.3 Å². The predicted molar refractivity (Wildman–Crippen MR) is 120 cm³/mol. The van der Waals surface area contributed by atoms with Crippen LogP contribution in [0.2, 0.25) is 10.0 Å². The van der Waals surface area contributed by atoms with E-state index in [9.17, 15) is 19.8 Å². The maximum Gasteiger partial charge on any atom is 0.295 e. The third-order valence-corrected chi connectivity index (χ3v) is 5.79. The molecule has 1 atom stereocenters. The van der Waals surface area contributed by atoms with Gasteiger partial charge in [0.15, 0.2) is 5.75 Å². The lowest BCUT2D eigenvalue weighted by Crippen LogP contribution is -2.30. The maximum absolute atomic E-state index is 13.0. The van der Waals surface area contributed by atoms with Crippen LogP contribution in [0, 0.1) is 0 Å². The lowest BCUT2D eigenvalue weighted by atomic mass is 9.95. The van der Waals surface area contributed by atoms with Crippen molar-refractivity contribution in [2.24, 2.45) is 0 Å². The average molecular weight is 464 g/mol. The topological polar surface area (TPSA) is 87.1 Å². The highest BCUT2D eigenvalue weighted by atomic mass is 35.5. The summed E-state index contributed by atoms with van der Waals surface area (Å²) in [5.74, 6) is -1.53. The molecule has 1 heterocycles. The molecule has 0 saturated carbocycles. The van der Waals surface area contributed by atoms with E-state index in [-0.39, 0.29) is 38.4 Å². The number of aliphatic hydroxyl groups excluding tert-OH is 1. The summed E-state index contributed by atoms with van der Waals surface area (Å²) in [7, 11) is 1.42. The number of rotatable bonds is 7. The Labute approximate surface area is 190 Å². The highest BCUT2D eigenvalue weighted by Crippen LogP contribution is 2.42. The van der Waals surface area contributed by atoms with Crippen molar-refractivity contribution in [2.45, 2.75) is 32.2 Å². The van der Waals surface area contributed by atoms with E-state index in [1.54, 1.807) is 12.1 Å². The van der Waals surface area contributed by atoms with Crippen molar-refractivity contribution < 1.29 is 24.5 Å². The van der Waals surface area contributed by atoms with Gasteiger partial charge in [-0.1, -0.05) is 55.1 Å². The van der Waals surface area contributed by atoms with Crippen LogP contribution in [0.15, 0.2) is 42.0 Å². The van der Waals surface area contributed by atoms with Crippen molar-refractivity contribution >= 4 is 40.7 Å². The number of methoxy groups -OCH3 is 1. The number of benzene rings is 2. The van der Waals surface area contributed by atoms with E-state index in [0.717, 1.165) is 19.3 Å². The number of halogens is 2. The summed E-state index contributed by atoms with van der Waals surface area (Å²) in [5.41, 5.74) is 0.747. The number of phenolic OH excluding ortho intramolecular Hbond substituents is 1. The van der Waals surface area contributed by atoms with Crippen LogP contribution in [-0.2, 0) is 9.59 Å². The predicted octanol–water partition coefficient (Wildman–Crippen LogP) is 5.32. The number of carbonyl (C=O) groups is 2. The van der Waals surface area contributed by atoms with E-state index in [4.69, 9.17) is 27.9 Å². The van der Waals surface area contributed by atoms with Crippen molar-refractivity contribution in [3.63, 3.8) is 0 Å². The van der Waals surface area contributed by atoms with Gasteiger partial charge in [-0.05, 0) is 36.2 Å². The molecule has 0 bridgehead atoms. The number of unbranched alkanes of at least 4 members (excludes halogenated alkanes) is 2. The van der Waals surface area contributed by atoms with Crippen LogP contribution in [0.3, 0.4) is 0 Å². The van der Waals surface area contributed by atoms with E-state index >= 15 is 0 Å². The fraction of sp³-hybridized carbons (Fsp3) is 0.304. The maximum atomic E-state index is 13.0. The van der Waals surface area contributed by atoms with Crippen molar-refractivity contribution in [1.29, 1.82) is 0 Å². The Hall–Kier alpha value is -2.70. The SMILES string of the molecule is CCCCCN1C(=O)C(=O)/C(=C(/O)c2cc(Cl)c(OC)c(Cl)c2)C1c1ccc(O)cc1. The zero-order chi connectivity index (χ0) is 22.7. The lowest BCUT2D eigenvalue weighted by molar-refractivity contribution is -0.139. The summed E-state index contributed by atoms with van der Waals surface area (Å²) >= 11 is 12.4. The minimum absolute atomic E-state index is 0.0514. The first-order chi connectivity index (χ1) is 14.8. The van der Waals surface area contributed by atoms with Gasteiger partial charge >= 0.3 is 0 Å². The van der Waals surface area contributed by atoms with Gasteiger partial charge in [0, 0.05) is 12.1 Å². The molecule has 1 aliphatic heterocycles. The van der Waals surface area contributed by atoms with Gasteiger partial charge in [0.25, 0.3) is 11.7 Å². The number of likely N-dealkylation sites (tertiary alicyclic amines) is 1. The zero-order valence-electron chi connectivity index (χ0n) is 17.2. The largest absolute Gasteiger partial charge is 0.508 e. The zero-order valence-corrected chi connectivity index (χ0v) is 18.7. The molecular weight excluding hydrogens is 441 g/mol. The molecule has 0 aromatic heterocycles. The van der Waals surface area contributed by atoms with Gasteiger partial charge in [0.2, 0.25) is 0 Å².